The fourth-order valence-electron chi connectivity index (χ4n) is 1.40. The third-order valence-electron chi connectivity index (χ3n) is 2.81. The molecule has 1 fully saturated rings. The lowest BCUT2D eigenvalue weighted by atomic mass is 9.96. The number of nitrogens with two attached hydrogens (primary N) is 1. The largest absolute Gasteiger partial charge is 0.438 e. The number of carbonyl (C=O) groups is 2. The molecule has 1 aliphatic heterocycles. The Balaban J connectivity index is 2.80. The van der Waals surface area contributed by atoms with Crippen LogP contribution in [0.1, 0.15) is 27.2 Å². The number of ether oxygens (including phenoxy) is 1. The summed E-state index contributed by atoms with van der Waals surface area (Å²) in [5.41, 5.74) is 2.54. The van der Waals surface area contributed by atoms with Crippen molar-refractivity contribution in [3.05, 3.63) is 0 Å². The summed E-state index contributed by atoms with van der Waals surface area (Å²) in [6.07, 6.45) is -0.632. The Morgan fingerprint density at radius 1 is 1.53 bits per heavy atom. The SMILES string of the molecule is CC1(C)OC(=O)N(CCC(N)=O)C1(C)O. The zero-order chi connectivity index (χ0) is 11.9. The number of rotatable bonds is 3. The summed E-state index contributed by atoms with van der Waals surface area (Å²) in [6.45, 7) is 4.74. The van der Waals surface area contributed by atoms with Crippen molar-refractivity contribution >= 4 is 12.0 Å². The van der Waals surface area contributed by atoms with E-state index >= 15 is 0 Å². The average molecular weight is 216 g/mol. The molecular weight excluding hydrogens is 200 g/mol. The summed E-state index contributed by atoms with van der Waals surface area (Å²) in [4.78, 5) is 23.1. The smallest absolute Gasteiger partial charge is 0.412 e. The summed E-state index contributed by atoms with van der Waals surface area (Å²) < 4.78 is 4.99. The maximum absolute atomic E-state index is 11.4. The quantitative estimate of drug-likeness (QED) is 0.683. The van der Waals surface area contributed by atoms with E-state index in [0.717, 1.165) is 4.90 Å². The van der Waals surface area contributed by atoms with E-state index in [0.29, 0.717) is 0 Å². The minimum Gasteiger partial charge on any atom is -0.438 e. The highest BCUT2D eigenvalue weighted by Gasteiger charge is 2.56. The van der Waals surface area contributed by atoms with Gasteiger partial charge in [0.25, 0.3) is 0 Å². The number of hydrogen-bond donors (Lipinski definition) is 2. The minimum atomic E-state index is -1.43. The predicted octanol–water partition coefficient (Wildman–Crippen LogP) is -0.199. The lowest BCUT2D eigenvalue weighted by molar-refractivity contribution is -0.131. The van der Waals surface area contributed by atoms with E-state index in [-0.39, 0.29) is 13.0 Å². The first-order chi connectivity index (χ1) is 6.68. The maximum Gasteiger partial charge on any atom is 0.412 e. The van der Waals surface area contributed by atoms with Crippen LogP contribution in [0.3, 0.4) is 0 Å². The number of nitrogens with zero attached hydrogens (tertiary/aromatic N) is 1. The Kier molecular flexibility index (Phi) is 2.65. The Labute approximate surface area is 88.0 Å². The average Bonchev–Trinajstić information content (AvgIpc) is 2.15. The van der Waals surface area contributed by atoms with Crippen LogP contribution in [0.4, 0.5) is 4.79 Å². The molecule has 2 amide bonds. The fourth-order valence-corrected chi connectivity index (χ4v) is 1.40. The molecule has 1 atom stereocenters. The van der Waals surface area contributed by atoms with Crippen molar-refractivity contribution in [3.8, 4) is 0 Å². The minimum absolute atomic E-state index is 0.00132. The number of carbonyl (C=O) groups excluding carboxylic acids is 2. The third-order valence-corrected chi connectivity index (χ3v) is 2.81. The molecule has 86 valence electrons. The molecule has 1 unspecified atom stereocenters. The number of primary amides is 1. The van der Waals surface area contributed by atoms with Crippen LogP contribution in [-0.2, 0) is 9.53 Å². The molecule has 0 aromatic heterocycles. The number of hydrogen-bond acceptors (Lipinski definition) is 4. The van der Waals surface area contributed by atoms with Crippen LogP contribution in [0, 0.1) is 0 Å². The highest BCUT2D eigenvalue weighted by atomic mass is 16.6. The number of amides is 2. The molecule has 0 aliphatic carbocycles. The van der Waals surface area contributed by atoms with Gasteiger partial charge in [0.05, 0.1) is 0 Å². The van der Waals surface area contributed by atoms with Crippen molar-refractivity contribution in [2.24, 2.45) is 5.73 Å². The Morgan fingerprint density at radius 3 is 2.40 bits per heavy atom. The van der Waals surface area contributed by atoms with E-state index in [9.17, 15) is 14.7 Å². The maximum atomic E-state index is 11.4. The van der Waals surface area contributed by atoms with Crippen LogP contribution in [0.15, 0.2) is 0 Å². The molecular formula is C9H16N2O4. The van der Waals surface area contributed by atoms with E-state index in [1.165, 1.54) is 6.92 Å². The van der Waals surface area contributed by atoms with Gasteiger partial charge in [-0.15, -0.1) is 0 Å². The second kappa shape index (κ2) is 3.37. The Bertz CT molecular complexity index is 298. The molecule has 3 N–H and O–H groups in total. The van der Waals surface area contributed by atoms with E-state index in [1.807, 2.05) is 0 Å². The van der Waals surface area contributed by atoms with Crippen LogP contribution in [-0.4, -0.2) is 39.9 Å². The first-order valence-corrected chi connectivity index (χ1v) is 4.70. The van der Waals surface area contributed by atoms with E-state index < -0.39 is 23.3 Å². The number of cyclic esters (lactones) is 1. The molecule has 6 heteroatoms. The fraction of sp³-hybridized carbons (Fsp3) is 0.778. The second-order valence-electron chi connectivity index (χ2n) is 4.27. The first kappa shape index (κ1) is 11.8. The van der Waals surface area contributed by atoms with Gasteiger partial charge in [0.2, 0.25) is 5.91 Å². The van der Waals surface area contributed by atoms with Crippen molar-refractivity contribution < 1.29 is 19.4 Å². The van der Waals surface area contributed by atoms with Crippen molar-refractivity contribution in [1.82, 2.24) is 4.90 Å². The molecule has 0 aromatic rings. The van der Waals surface area contributed by atoms with Gasteiger partial charge in [0.1, 0.15) is 0 Å². The van der Waals surface area contributed by atoms with Gasteiger partial charge in [-0.3, -0.25) is 9.69 Å². The molecule has 0 spiro atoms. The Morgan fingerprint density at radius 2 is 2.07 bits per heavy atom. The van der Waals surface area contributed by atoms with Crippen LogP contribution >= 0.6 is 0 Å². The van der Waals surface area contributed by atoms with E-state index in [2.05, 4.69) is 0 Å². The van der Waals surface area contributed by atoms with Gasteiger partial charge in [0, 0.05) is 13.0 Å². The summed E-state index contributed by atoms with van der Waals surface area (Å²) in [5.74, 6) is -0.525. The molecule has 1 heterocycles. The number of aliphatic hydroxyl groups is 1. The predicted molar refractivity (Wildman–Crippen MR) is 51.7 cm³/mol. The molecule has 0 aromatic carbocycles. The summed E-state index contributed by atoms with van der Waals surface area (Å²) >= 11 is 0. The molecule has 0 radical (unpaired) electrons. The molecule has 1 rings (SSSR count). The van der Waals surface area contributed by atoms with Gasteiger partial charge in [-0.1, -0.05) is 0 Å². The van der Waals surface area contributed by atoms with Gasteiger partial charge in [0.15, 0.2) is 11.3 Å². The third kappa shape index (κ3) is 1.90. The molecule has 0 saturated carbocycles. The molecule has 0 bridgehead atoms. The van der Waals surface area contributed by atoms with Crippen molar-refractivity contribution in [2.75, 3.05) is 6.54 Å². The van der Waals surface area contributed by atoms with Crippen molar-refractivity contribution in [1.29, 1.82) is 0 Å². The molecule has 1 aliphatic rings. The van der Waals surface area contributed by atoms with Crippen molar-refractivity contribution in [2.45, 2.75) is 38.5 Å². The van der Waals surface area contributed by atoms with Crippen LogP contribution in [0.5, 0.6) is 0 Å². The zero-order valence-corrected chi connectivity index (χ0v) is 9.11. The zero-order valence-electron chi connectivity index (χ0n) is 9.11. The topological polar surface area (TPSA) is 92.9 Å². The first-order valence-electron chi connectivity index (χ1n) is 4.70. The molecule has 1 saturated heterocycles. The van der Waals surface area contributed by atoms with Gasteiger partial charge in [-0.25, -0.2) is 4.79 Å². The summed E-state index contributed by atoms with van der Waals surface area (Å²) in [7, 11) is 0. The normalized spacial score (nSPS) is 29.1. The lowest BCUT2D eigenvalue weighted by Gasteiger charge is -2.34. The highest BCUT2D eigenvalue weighted by Crippen LogP contribution is 2.36. The standard InChI is InChI=1S/C9H16N2O4/c1-8(2)9(3,14)11(7(13)15-8)5-4-6(10)12/h14H,4-5H2,1-3H3,(H2,10,12). The summed E-state index contributed by atoms with van der Waals surface area (Å²) in [6, 6.07) is 0. The second-order valence-corrected chi connectivity index (χ2v) is 4.27. The monoisotopic (exact) mass is 216 g/mol. The molecule has 15 heavy (non-hydrogen) atoms. The van der Waals surface area contributed by atoms with Crippen LogP contribution in [0.2, 0.25) is 0 Å². The highest BCUT2D eigenvalue weighted by molar-refractivity contribution is 5.76. The Hall–Kier alpha value is -1.30. The van der Waals surface area contributed by atoms with Gasteiger partial charge >= 0.3 is 6.09 Å². The van der Waals surface area contributed by atoms with Crippen molar-refractivity contribution in [3.63, 3.8) is 0 Å². The van der Waals surface area contributed by atoms with Crippen LogP contribution in [0.25, 0.3) is 0 Å². The lowest BCUT2D eigenvalue weighted by Crippen LogP contribution is -2.54. The van der Waals surface area contributed by atoms with Crippen LogP contribution < -0.4 is 5.73 Å². The van der Waals surface area contributed by atoms with Gasteiger partial charge in [-0.2, -0.15) is 0 Å². The van der Waals surface area contributed by atoms with Gasteiger partial charge in [-0.05, 0) is 20.8 Å². The summed E-state index contributed by atoms with van der Waals surface area (Å²) in [5, 5.41) is 10.1. The van der Waals surface area contributed by atoms with Gasteiger partial charge < -0.3 is 15.6 Å². The van der Waals surface area contributed by atoms with E-state index in [4.69, 9.17) is 10.5 Å². The molecule has 6 nitrogen and oxygen atoms in total. The van der Waals surface area contributed by atoms with E-state index in [1.54, 1.807) is 13.8 Å².